The van der Waals surface area contributed by atoms with E-state index in [1.165, 1.54) is 33.4 Å². The van der Waals surface area contributed by atoms with E-state index in [4.69, 9.17) is 15.0 Å². The Labute approximate surface area is 343 Å². The Morgan fingerprint density at radius 3 is 1.53 bits per heavy atom. The summed E-state index contributed by atoms with van der Waals surface area (Å²) in [5.41, 5.74) is 15.3. The molecule has 0 unspecified atom stereocenters. The van der Waals surface area contributed by atoms with E-state index in [1.807, 2.05) is 42.6 Å². The lowest BCUT2D eigenvalue weighted by Gasteiger charge is -2.34. The molecule has 1 aliphatic carbocycles. The second-order valence-corrected chi connectivity index (χ2v) is 15.0. The third-order valence-corrected chi connectivity index (χ3v) is 11.7. The monoisotopic (exact) mass is 752 g/mol. The fourth-order valence-electron chi connectivity index (χ4n) is 8.95. The molecular formula is C55H36N4. The number of hydrogen-bond donors (Lipinski definition) is 0. The molecule has 11 rings (SSSR count). The summed E-state index contributed by atoms with van der Waals surface area (Å²) in [5.74, 6) is 1.87. The van der Waals surface area contributed by atoms with Crippen LogP contribution in [0.4, 0.5) is 0 Å². The molecule has 0 radical (unpaired) electrons. The van der Waals surface area contributed by atoms with Crippen molar-refractivity contribution in [1.82, 2.24) is 19.9 Å². The molecule has 4 heteroatoms. The molecule has 0 saturated carbocycles. The van der Waals surface area contributed by atoms with Gasteiger partial charge in [-0.05, 0) is 68.3 Å². The molecule has 0 N–H and O–H groups in total. The van der Waals surface area contributed by atoms with E-state index in [2.05, 4.69) is 181 Å². The molecule has 2 heterocycles. The molecule has 0 bridgehead atoms. The molecule has 1 aliphatic rings. The summed E-state index contributed by atoms with van der Waals surface area (Å²) in [4.78, 5) is 19.9. The van der Waals surface area contributed by atoms with Crippen LogP contribution >= 0.6 is 0 Å². The van der Waals surface area contributed by atoms with Gasteiger partial charge in [0.2, 0.25) is 0 Å². The first-order valence-electron chi connectivity index (χ1n) is 20.0. The zero-order valence-corrected chi connectivity index (χ0v) is 32.1. The van der Waals surface area contributed by atoms with E-state index in [9.17, 15) is 0 Å². The molecule has 0 saturated heterocycles. The highest BCUT2D eigenvalue weighted by Gasteiger charge is 2.46. The maximum Gasteiger partial charge on any atom is 0.164 e. The molecular weight excluding hydrogens is 717 g/mol. The van der Waals surface area contributed by atoms with Gasteiger partial charge in [-0.25, -0.2) is 15.0 Å². The highest BCUT2D eigenvalue weighted by atomic mass is 15.0. The molecule has 0 spiro atoms. The zero-order valence-electron chi connectivity index (χ0n) is 32.1. The minimum Gasteiger partial charge on any atom is -0.256 e. The average Bonchev–Trinajstić information content (AvgIpc) is 3.62. The summed E-state index contributed by atoms with van der Waals surface area (Å²) >= 11 is 0. The SMILES string of the molecule is c1ccc(-c2nc(-c3ccc(-c4cccc5cccnc45)cc3)nc(-c3cccc(-c4ccc5c(c4)C(c4ccccc4)(c4ccccc4)c4ccccc4-5)c3)n2)cc1. The third-order valence-electron chi connectivity index (χ3n) is 11.7. The summed E-state index contributed by atoms with van der Waals surface area (Å²) < 4.78 is 0. The first-order chi connectivity index (χ1) is 29.2. The van der Waals surface area contributed by atoms with E-state index < -0.39 is 5.41 Å². The summed E-state index contributed by atoms with van der Waals surface area (Å²) in [6, 6.07) is 75.2. The molecule has 2 aromatic heterocycles. The second kappa shape index (κ2) is 14.3. The average molecular weight is 753 g/mol. The Morgan fingerprint density at radius 2 is 0.797 bits per heavy atom. The van der Waals surface area contributed by atoms with Crippen molar-refractivity contribution < 1.29 is 0 Å². The standard InChI is InChI=1S/C55H36N4/c1-4-15-39(16-5-1)52-57-53(40-30-28-37(29-31-40)46-26-13-17-38-20-14-34-56-51(38)46)59-54(58-52)43-19-12-18-41(35-43)42-32-33-48-47-25-10-11-27-49(47)55(50(48)36-42,44-21-6-2-7-22-44)45-23-8-3-9-24-45/h1-36H. The summed E-state index contributed by atoms with van der Waals surface area (Å²) in [6.45, 7) is 0. The third kappa shape index (κ3) is 5.84. The molecule has 8 aromatic carbocycles. The largest absolute Gasteiger partial charge is 0.256 e. The smallest absolute Gasteiger partial charge is 0.164 e. The number of nitrogens with zero attached hydrogens (tertiary/aromatic N) is 4. The number of hydrogen-bond acceptors (Lipinski definition) is 4. The van der Waals surface area contributed by atoms with Crippen LogP contribution in [0.3, 0.4) is 0 Å². The Kier molecular flexibility index (Phi) is 8.34. The number of pyridine rings is 1. The predicted octanol–water partition coefficient (Wildman–Crippen LogP) is 13.1. The van der Waals surface area contributed by atoms with Crippen molar-refractivity contribution in [3.63, 3.8) is 0 Å². The van der Waals surface area contributed by atoms with E-state index in [0.717, 1.165) is 49.8 Å². The van der Waals surface area contributed by atoms with Crippen LogP contribution in [0.2, 0.25) is 0 Å². The van der Waals surface area contributed by atoms with Gasteiger partial charge in [0.1, 0.15) is 0 Å². The molecule has 0 fully saturated rings. The lowest BCUT2D eigenvalue weighted by atomic mass is 9.67. The maximum atomic E-state index is 5.14. The van der Waals surface area contributed by atoms with Gasteiger partial charge in [0.05, 0.1) is 10.9 Å². The number of para-hydroxylation sites is 1. The first kappa shape index (κ1) is 34.4. The van der Waals surface area contributed by atoms with Gasteiger partial charge in [-0.1, -0.05) is 194 Å². The minimum atomic E-state index is -0.477. The van der Waals surface area contributed by atoms with Crippen molar-refractivity contribution in [2.24, 2.45) is 0 Å². The van der Waals surface area contributed by atoms with Crippen molar-refractivity contribution in [1.29, 1.82) is 0 Å². The van der Waals surface area contributed by atoms with Crippen LogP contribution in [0.1, 0.15) is 22.3 Å². The molecule has 276 valence electrons. The van der Waals surface area contributed by atoms with E-state index in [0.29, 0.717) is 17.5 Å². The first-order valence-corrected chi connectivity index (χ1v) is 20.0. The lowest BCUT2D eigenvalue weighted by molar-refractivity contribution is 0.769. The van der Waals surface area contributed by atoms with E-state index in [1.54, 1.807) is 0 Å². The normalized spacial score (nSPS) is 12.5. The van der Waals surface area contributed by atoms with Crippen LogP contribution in [-0.4, -0.2) is 19.9 Å². The fourth-order valence-corrected chi connectivity index (χ4v) is 8.95. The van der Waals surface area contributed by atoms with E-state index >= 15 is 0 Å². The molecule has 0 atom stereocenters. The van der Waals surface area contributed by atoms with Crippen molar-refractivity contribution in [2.45, 2.75) is 5.41 Å². The maximum absolute atomic E-state index is 5.14. The molecule has 0 aliphatic heterocycles. The summed E-state index contributed by atoms with van der Waals surface area (Å²) in [5, 5.41) is 1.11. The fraction of sp³-hybridized carbons (Fsp3) is 0.0182. The van der Waals surface area contributed by atoms with Gasteiger partial charge >= 0.3 is 0 Å². The van der Waals surface area contributed by atoms with E-state index in [-0.39, 0.29) is 0 Å². The van der Waals surface area contributed by atoms with Crippen molar-refractivity contribution in [3.8, 4) is 67.5 Å². The zero-order chi connectivity index (χ0) is 39.2. The Bertz CT molecular complexity index is 3100. The summed E-state index contributed by atoms with van der Waals surface area (Å²) in [7, 11) is 0. The highest BCUT2D eigenvalue weighted by Crippen LogP contribution is 2.56. The quantitative estimate of drug-likeness (QED) is 0.163. The summed E-state index contributed by atoms with van der Waals surface area (Å²) in [6.07, 6.45) is 1.85. The minimum absolute atomic E-state index is 0.477. The Hall–Kier alpha value is -7.82. The molecule has 0 amide bonds. The van der Waals surface area contributed by atoms with Gasteiger partial charge in [0, 0.05) is 33.8 Å². The van der Waals surface area contributed by atoms with Crippen molar-refractivity contribution in [3.05, 3.63) is 241 Å². The predicted molar refractivity (Wildman–Crippen MR) is 240 cm³/mol. The van der Waals surface area contributed by atoms with Gasteiger partial charge < -0.3 is 0 Å². The van der Waals surface area contributed by atoms with Crippen LogP contribution in [0.25, 0.3) is 78.4 Å². The van der Waals surface area contributed by atoms with Gasteiger partial charge in [-0.2, -0.15) is 0 Å². The molecule has 10 aromatic rings. The topological polar surface area (TPSA) is 51.6 Å². The Balaban J connectivity index is 1.03. The van der Waals surface area contributed by atoms with Crippen LogP contribution in [0.5, 0.6) is 0 Å². The van der Waals surface area contributed by atoms with Crippen LogP contribution in [-0.2, 0) is 5.41 Å². The molecule has 4 nitrogen and oxygen atoms in total. The number of aromatic nitrogens is 4. The number of rotatable bonds is 7. The second-order valence-electron chi connectivity index (χ2n) is 15.0. The van der Waals surface area contributed by atoms with Crippen LogP contribution < -0.4 is 0 Å². The highest BCUT2D eigenvalue weighted by molar-refractivity contribution is 5.94. The molecule has 59 heavy (non-hydrogen) atoms. The number of fused-ring (bicyclic) bond motifs is 4. The number of benzene rings is 8. The van der Waals surface area contributed by atoms with Crippen molar-refractivity contribution >= 4 is 10.9 Å². The lowest BCUT2D eigenvalue weighted by Crippen LogP contribution is -2.28. The van der Waals surface area contributed by atoms with Gasteiger partial charge in [0.25, 0.3) is 0 Å². The van der Waals surface area contributed by atoms with Gasteiger partial charge in [0.15, 0.2) is 17.5 Å². The van der Waals surface area contributed by atoms with Gasteiger partial charge in [-0.3, -0.25) is 4.98 Å². The van der Waals surface area contributed by atoms with Gasteiger partial charge in [-0.15, -0.1) is 0 Å². The van der Waals surface area contributed by atoms with Crippen LogP contribution in [0.15, 0.2) is 219 Å². The van der Waals surface area contributed by atoms with Crippen LogP contribution in [0, 0.1) is 0 Å². The Morgan fingerprint density at radius 1 is 0.305 bits per heavy atom. The van der Waals surface area contributed by atoms with Crippen molar-refractivity contribution in [2.75, 3.05) is 0 Å².